The van der Waals surface area contributed by atoms with Crippen LogP contribution in [0.15, 0.2) is 30.9 Å². The summed E-state index contributed by atoms with van der Waals surface area (Å²) < 4.78 is 7.59. The predicted molar refractivity (Wildman–Crippen MR) is 81.8 cm³/mol. The molecule has 0 aromatic carbocycles. The van der Waals surface area contributed by atoms with Crippen LogP contribution < -0.4 is 5.73 Å². The number of hydrogen-bond acceptors (Lipinski definition) is 5. The number of rotatable bonds is 4. The van der Waals surface area contributed by atoms with Crippen LogP contribution in [0.2, 0.25) is 0 Å². The lowest BCUT2D eigenvalue weighted by atomic mass is 10.2. The minimum atomic E-state index is 0.346. The zero-order valence-corrected chi connectivity index (χ0v) is 12.3. The molecule has 1 fully saturated rings. The molecule has 0 spiro atoms. The molecule has 3 rings (SSSR count). The van der Waals surface area contributed by atoms with Crippen LogP contribution in [0.4, 0.5) is 5.82 Å². The Balaban J connectivity index is 1.76. The molecule has 3 heterocycles. The molecule has 2 aromatic heterocycles. The van der Waals surface area contributed by atoms with Gasteiger partial charge in [0.25, 0.3) is 0 Å². The topological polar surface area (TPSA) is 69.2 Å². The van der Waals surface area contributed by atoms with Gasteiger partial charge in [-0.25, -0.2) is 9.97 Å². The maximum absolute atomic E-state index is 5.65. The van der Waals surface area contributed by atoms with E-state index in [-0.39, 0.29) is 0 Å². The van der Waals surface area contributed by atoms with Crippen LogP contribution in [0.5, 0.6) is 0 Å². The van der Waals surface area contributed by atoms with Crippen molar-refractivity contribution in [3.8, 4) is 11.3 Å². The van der Waals surface area contributed by atoms with E-state index in [9.17, 15) is 0 Å². The molecule has 1 aliphatic heterocycles. The van der Waals surface area contributed by atoms with Crippen LogP contribution in [0.3, 0.4) is 0 Å². The highest BCUT2D eigenvalue weighted by Gasteiger charge is 2.17. The number of aromatic nitrogens is 3. The lowest BCUT2D eigenvalue weighted by Crippen LogP contribution is -2.39. The number of morpholine rings is 1. The summed E-state index contributed by atoms with van der Waals surface area (Å²) in [6, 6.07) is 4.15. The van der Waals surface area contributed by atoms with Gasteiger partial charge in [0.1, 0.15) is 5.82 Å². The maximum atomic E-state index is 5.65. The summed E-state index contributed by atoms with van der Waals surface area (Å²) in [6.07, 6.45) is 5.56. The van der Waals surface area contributed by atoms with Crippen molar-refractivity contribution in [1.29, 1.82) is 0 Å². The summed E-state index contributed by atoms with van der Waals surface area (Å²) in [5, 5.41) is 0. The van der Waals surface area contributed by atoms with Gasteiger partial charge in [0.15, 0.2) is 0 Å². The molecule has 0 bridgehead atoms. The predicted octanol–water partition coefficient (Wildman–Crippen LogP) is 1.42. The van der Waals surface area contributed by atoms with E-state index in [0.29, 0.717) is 11.9 Å². The highest BCUT2D eigenvalue weighted by Crippen LogP contribution is 2.23. The van der Waals surface area contributed by atoms with Gasteiger partial charge in [-0.3, -0.25) is 4.90 Å². The van der Waals surface area contributed by atoms with Crippen LogP contribution in [0.25, 0.3) is 11.3 Å². The third-order valence-corrected chi connectivity index (χ3v) is 3.85. The molecule has 1 saturated heterocycles. The van der Waals surface area contributed by atoms with Crippen LogP contribution >= 0.6 is 0 Å². The molecule has 1 atom stereocenters. The molecule has 112 valence electrons. The van der Waals surface area contributed by atoms with Gasteiger partial charge in [-0.15, -0.1) is 0 Å². The number of nitrogens with two attached hydrogens (primary N) is 1. The Hall–Kier alpha value is -1.92. The normalized spacial score (nSPS) is 17.8. The molecule has 0 saturated carbocycles. The molecule has 21 heavy (non-hydrogen) atoms. The SMILES string of the molecule is CC(CN1CCOCC1)n1cncc1-c1ccc(N)nc1. The zero-order valence-electron chi connectivity index (χ0n) is 12.3. The van der Waals surface area contributed by atoms with E-state index in [1.807, 2.05) is 24.7 Å². The van der Waals surface area contributed by atoms with E-state index in [0.717, 1.165) is 44.1 Å². The van der Waals surface area contributed by atoms with Crippen molar-refractivity contribution in [3.05, 3.63) is 30.9 Å². The van der Waals surface area contributed by atoms with E-state index in [1.54, 1.807) is 6.20 Å². The molecule has 0 radical (unpaired) electrons. The second kappa shape index (κ2) is 6.24. The molecule has 1 aliphatic rings. The Kier molecular flexibility index (Phi) is 4.17. The summed E-state index contributed by atoms with van der Waals surface area (Å²) in [4.78, 5) is 10.9. The van der Waals surface area contributed by atoms with E-state index in [4.69, 9.17) is 10.5 Å². The highest BCUT2D eigenvalue weighted by molar-refractivity contribution is 5.59. The second-order valence-electron chi connectivity index (χ2n) is 5.42. The number of nitrogens with zero attached hydrogens (tertiary/aromatic N) is 4. The van der Waals surface area contributed by atoms with Crippen molar-refractivity contribution in [2.24, 2.45) is 0 Å². The smallest absolute Gasteiger partial charge is 0.123 e. The standard InChI is InChI=1S/C15H21N5O/c1-12(10-19-4-6-21-7-5-19)20-11-17-9-14(20)13-2-3-15(16)18-8-13/h2-3,8-9,11-12H,4-7,10H2,1H3,(H2,16,18). The van der Waals surface area contributed by atoms with Crippen LogP contribution in [-0.2, 0) is 4.74 Å². The van der Waals surface area contributed by atoms with Crippen molar-refractivity contribution < 1.29 is 4.74 Å². The number of anilines is 1. The van der Waals surface area contributed by atoms with Gasteiger partial charge in [0, 0.05) is 37.4 Å². The first-order chi connectivity index (χ1) is 10.2. The fraction of sp³-hybridized carbons (Fsp3) is 0.467. The van der Waals surface area contributed by atoms with Crippen LogP contribution in [0, 0.1) is 0 Å². The summed E-state index contributed by atoms with van der Waals surface area (Å²) in [7, 11) is 0. The van der Waals surface area contributed by atoms with E-state index >= 15 is 0 Å². The molecule has 1 unspecified atom stereocenters. The molecular formula is C15H21N5O. The number of hydrogen-bond donors (Lipinski definition) is 1. The minimum absolute atomic E-state index is 0.346. The first-order valence-electron chi connectivity index (χ1n) is 7.28. The van der Waals surface area contributed by atoms with Crippen molar-refractivity contribution in [1.82, 2.24) is 19.4 Å². The average Bonchev–Trinajstić information content (AvgIpc) is 2.98. The fourth-order valence-corrected chi connectivity index (χ4v) is 2.68. The van der Waals surface area contributed by atoms with Crippen LogP contribution in [0.1, 0.15) is 13.0 Å². The van der Waals surface area contributed by atoms with Gasteiger partial charge in [-0.05, 0) is 19.1 Å². The number of ether oxygens (including phenoxy) is 1. The number of pyridine rings is 1. The average molecular weight is 287 g/mol. The first-order valence-corrected chi connectivity index (χ1v) is 7.28. The van der Waals surface area contributed by atoms with Crippen LogP contribution in [-0.4, -0.2) is 52.3 Å². The summed E-state index contributed by atoms with van der Waals surface area (Å²) in [5.41, 5.74) is 7.76. The Morgan fingerprint density at radius 1 is 1.29 bits per heavy atom. The summed E-state index contributed by atoms with van der Waals surface area (Å²) in [6.45, 7) is 6.85. The Morgan fingerprint density at radius 3 is 2.81 bits per heavy atom. The van der Waals surface area contributed by atoms with Gasteiger partial charge in [-0.1, -0.05) is 0 Å². The number of imidazole rings is 1. The van der Waals surface area contributed by atoms with Gasteiger partial charge in [0.05, 0.1) is 31.4 Å². The van der Waals surface area contributed by atoms with E-state index in [2.05, 4.69) is 26.4 Å². The van der Waals surface area contributed by atoms with Crippen molar-refractivity contribution in [2.75, 3.05) is 38.6 Å². The quantitative estimate of drug-likeness (QED) is 0.921. The molecule has 2 aromatic rings. The Bertz CT molecular complexity index is 574. The van der Waals surface area contributed by atoms with Gasteiger partial charge >= 0.3 is 0 Å². The highest BCUT2D eigenvalue weighted by atomic mass is 16.5. The minimum Gasteiger partial charge on any atom is -0.384 e. The fourth-order valence-electron chi connectivity index (χ4n) is 2.68. The van der Waals surface area contributed by atoms with Gasteiger partial charge in [0.2, 0.25) is 0 Å². The van der Waals surface area contributed by atoms with Crippen molar-refractivity contribution in [3.63, 3.8) is 0 Å². The zero-order chi connectivity index (χ0) is 14.7. The lowest BCUT2D eigenvalue weighted by Gasteiger charge is -2.30. The number of nitrogen functional groups attached to an aromatic ring is 1. The van der Waals surface area contributed by atoms with E-state index in [1.165, 1.54) is 0 Å². The van der Waals surface area contributed by atoms with Gasteiger partial charge in [-0.2, -0.15) is 0 Å². The van der Waals surface area contributed by atoms with Crippen molar-refractivity contribution in [2.45, 2.75) is 13.0 Å². The monoisotopic (exact) mass is 287 g/mol. The molecule has 2 N–H and O–H groups in total. The molecule has 6 nitrogen and oxygen atoms in total. The third-order valence-electron chi connectivity index (χ3n) is 3.85. The maximum Gasteiger partial charge on any atom is 0.123 e. The largest absolute Gasteiger partial charge is 0.384 e. The summed E-state index contributed by atoms with van der Waals surface area (Å²) in [5.74, 6) is 0.534. The molecule has 0 aliphatic carbocycles. The Labute approximate surface area is 124 Å². The third kappa shape index (κ3) is 3.22. The molecule has 0 amide bonds. The molecular weight excluding hydrogens is 266 g/mol. The summed E-state index contributed by atoms with van der Waals surface area (Å²) >= 11 is 0. The van der Waals surface area contributed by atoms with E-state index < -0.39 is 0 Å². The first kappa shape index (κ1) is 14.0. The van der Waals surface area contributed by atoms with Crippen molar-refractivity contribution >= 4 is 5.82 Å². The molecule has 6 heteroatoms. The van der Waals surface area contributed by atoms with Gasteiger partial charge < -0.3 is 15.0 Å². The lowest BCUT2D eigenvalue weighted by molar-refractivity contribution is 0.0326. The Morgan fingerprint density at radius 2 is 2.10 bits per heavy atom. The second-order valence-corrected chi connectivity index (χ2v) is 5.42.